The first-order chi connectivity index (χ1) is 13.6. The predicted octanol–water partition coefficient (Wildman–Crippen LogP) is 4.47. The molecule has 5 heteroatoms. The Hall–Kier alpha value is -3.08. The van der Waals surface area contributed by atoms with Gasteiger partial charge in [-0.15, -0.1) is 0 Å². The number of anilines is 4. The lowest BCUT2D eigenvalue weighted by molar-refractivity contribution is 0.646. The van der Waals surface area contributed by atoms with Crippen LogP contribution in [0.1, 0.15) is 17.0 Å². The summed E-state index contributed by atoms with van der Waals surface area (Å²) < 4.78 is 0. The minimum atomic E-state index is 0.787. The van der Waals surface area contributed by atoms with Crippen molar-refractivity contribution in [2.24, 2.45) is 0 Å². The zero-order valence-corrected chi connectivity index (χ0v) is 16.8. The fourth-order valence-corrected chi connectivity index (χ4v) is 3.65. The highest BCUT2D eigenvalue weighted by Gasteiger charge is 2.19. The standard InChI is InChI=1S/C23H27N5/c1-17-7-6-9-20(15-17)27-11-13-28(14-12-27)23-16-22(24-19(3)25-23)26-21-10-5-4-8-18(21)2/h4-10,15-16H,11-14H2,1-3H3,(H,24,25,26). The summed E-state index contributed by atoms with van der Waals surface area (Å²) in [7, 11) is 0. The topological polar surface area (TPSA) is 44.3 Å². The van der Waals surface area contributed by atoms with Gasteiger partial charge in [0.1, 0.15) is 17.5 Å². The molecular weight excluding hydrogens is 346 g/mol. The molecule has 0 unspecified atom stereocenters. The molecule has 4 rings (SSSR count). The van der Waals surface area contributed by atoms with Crippen molar-refractivity contribution in [3.05, 3.63) is 71.5 Å². The Balaban J connectivity index is 1.48. The number of para-hydroxylation sites is 1. The van der Waals surface area contributed by atoms with Gasteiger partial charge >= 0.3 is 0 Å². The number of rotatable bonds is 4. The molecule has 0 aliphatic carbocycles. The molecule has 1 aliphatic rings. The SMILES string of the molecule is Cc1cccc(N2CCN(c3cc(Nc4ccccc4C)nc(C)n3)CC2)c1. The first kappa shape index (κ1) is 18.3. The molecule has 144 valence electrons. The van der Waals surface area contributed by atoms with Gasteiger partial charge in [-0.3, -0.25) is 0 Å². The lowest BCUT2D eigenvalue weighted by Crippen LogP contribution is -2.47. The largest absolute Gasteiger partial charge is 0.368 e. The smallest absolute Gasteiger partial charge is 0.136 e. The summed E-state index contributed by atoms with van der Waals surface area (Å²) in [6.45, 7) is 10.1. The molecule has 1 aromatic heterocycles. The van der Waals surface area contributed by atoms with E-state index < -0.39 is 0 Å². The summed E-state index contributed by atoms with van der Waals surface area (Å²) in [5.74, 6) is 2.63. The van der Waals surface area contributed by atoms with E-state index in [0.29, 0.717) is 0 Å². The summed E-state index contributed by atoms with van der Waals surface area (Å²) in [5, 5.41) is 3.45. The van der Waals surface area contributed by atoms with Gasteiger partial charge in [0.2, 0.25) is 0 Å². The molecule has 1 fully saturated rings. The molecule has 0 saturated carbocycles. The van der Waals surface area contributed by atoms with Crippen LogP contribution < -0.4 is 15.1 Å². The molecule has 0 bridgehead atoms. The number of aryl methyl sites for hydroxylation is 3. The number of hydrogen-bond donors (Lipinski definition) is 1. The Bertz CT molecular complexity index is 961. The van der Waals surface area contributed by atoms with Gasteiger partial charge in [0, 0.05) is 43.6 Å². The van der Waals surface area contributed by atoms with Gasteiger partial charge in [-0.1, -0.05) is 30.3 Å². The third kappa shape index (κ3) is 4.09. The number of aromatic nitrogens is 2. The number of hydrogen-bond acceptors (Lipinski definition) is 5. The van der Waals surface area contributed by atoms with Crippen molar-refractivity contribution in [3.8, 4) is 0 Å². The minimum absolute atomic E-state index is 0.787. The van der Waals surface area contributed by atoms with Gasteiger partial charge < -0.3 is 15.1 Å². The van der Waals surface area contributed by atoms with Crippen LogP contribution in [-0.2, 0) is 0 Å². The third-order valence-electron chi connectivity index (χ3n) is 5.20. The van der Waals surface area contributed by atoms with E-state index in [1.165, 1.54) is 16.8 Å². The quantitative estimate of drug-likeness (QED) is 0.731. The van der Waals surface area contributed by atoms with Crippen molar-refractivity contribution < 1.29 is 0 Å². The van der Waals surface area contributed by atoms with Crippen LogP contribution in [0, 0.1) is 20.8 Å². The first-order valence-corrected chi connectivity index (χ1v) is 9.83. The average molecular weight is 374 g/mol. The van der Waals surface area contributed by atoms with Gasteiger partial charge in [0.25, 0.3) is 0 Å². The van der Waals surface area contributed by atoms with Crippen LogP contribution in [0.2, 0.25) is 0 Å². The van der Waals surface area contributed by atoms with Crippen LogP contribution in [0.15, 0.2) is 54.6 Å². The summed E-state index contributed by atoms with van der Waals surface area (Å²) in [6.07, 6.45) is 0. The van der Waals surface area contributed by atoms with E-state index in [2.05, 4.69) is 81.4 Å². The second-order valence-corrected chi connectivity index (χ2v) is 7.41. The Kier molecular flexibility index (Phi) is 5.15. The van der Waals surface area contributed by atoms with Crippen LogP contribution in [0.4, 0.5) is 23.0 Å². The predicted molar refractivity (Wildman–Crippen MR) is 117 cm³/mol. The van der Waals surface area contributed by atoms with Gasteiger partial charge in [0.05, 0.1) is 0 Å². The number of piperazine rings is 1. The van der Waals surface area contributed by atoms with E-state index in [4.69, 9.17) is 0 Å². The summed E-state index contributed by atoms with van der Waals surface area (Å²) in [4.78, 5) is 14.1. The van der Waals surface area contributed by atoms with E-state index >= 15 is 0 Å². The number of nitrogens with one attached hydrogen (secondary N) is 1. The van der Waals surface area contributed by atoms with Crippen molar-refractivity contribution in [3.63, 3.8) is 0 Å². The van der Waals surface area contributed by atoms with Crippen LogP contribution in [0.25, 0.3) is 0 Å². The number of nitrogens with zero attached hydrogens (tertiary/aromatic N) is 4. The highest BCUT2D eigenvalue weighted by atomic mass is 15.3. The Morgan fingerprint density at radius 1 is 0.786 bits per heavy atom. The summed E-state index contributed by atoms with van der Waals surface area (Å²) in [6, 6.07) is 19.0. The van der Waals surface area contributed by atoms with E-state index in [1.54, 1.807) is 0 Å². The maximum absolute atomic E-state index is 4.69. The molecule has 0 radical (unpaired) electrons. The normalized spacial score (nSPS) is 14.2. The molecule has 0 spiro atoms. The Morgan fingerprint density at radius 2 is 1.54 bits per heavy atom. The third-order valence-corrected chi connectivity index (χ3v) is 5.20. The minimum Gasteiger partial charge on any atom is -0.368 e. The van der Waals surface area contributed by atoms with Gasteiger partial charge in [-0.25, -0.2) is 9.97 Å². The molecule has 1 saturated heterocycles. The maximum Gasteiger partial charge on any atom is 0.136 e. The molecule has 3 aromatic rings. The summed E-state index contributed by atoms with van der Waals surface area (Å²) in [5.41, 5.74) is 4.89. The first-order valence-electron chi connectivity index (χ1n) is 9.83. The van der Waals surface area contributed by atoms with E-state index in [9.17, 15) is 0 Å². The lowest BCUT2D eigenvalue weighted by Gasteiger charge is -2.37. The van der Waals surface area contributed by atoms with Gasteiger partial charge in [-0.05, 0) is 50.1 Å². The van der Waals surface area contributed by atoms with Gasteiger partial charge in [-0.2, -0.15) is 0 Å². The highest BCUT2D eigenvalue weighted by Crippen LogP contribution is 2.24. The lowest BCUT2D eigenvalue weighted by atomic mass is 10.2. The van der Waals surface area contributed by atoms with Crippen LogP contribution in [0.5, 0.6) is 0 Å². The molecule has 28 heavy (non-hydrogen) atoms. The molecule has 2 heterocycles. The van der Waals surface area contributed by atoms with Crippen molar-refractivity contribution in [2.45, 2.75) is 20.8 Å². The van der Waals surface area contributed by atoms with Crippen molar-refractivity contribution >= 4 is 23.0 Å². The summed E-state index contributed by atoms with van der Waals surface area (Å²) >= 11 is 0. The second-order valence-electron chi connectivity index (χ2n) is 7.41. The highest BCUT2D eigenvalue weighted by molar-refractivity contribution is 5.63. The van der Waals surface area contributed by atoms with E-state index in [1.807, 2.05) is 19.1 Å². The van der Waals surface area contributed by atoms with E-state index in [0.717, 1.165) is 49.3 Å². The zero-order valence-electron chi connectivity index (χ0n) is 16.8. The Morgan fingerprint density at radius 3 is 2.29 bits per heavy atom. The van der Waals surface area contributed by atoms with Crippen LogP contribution in [-0.4, -0.2) is 36.1 Å². The molecule has 1 N–H and O–H groups in total. The monoisotopic (exact) mass is 373 g/mol. The fourth-order valence-electron chi connectivity index (χ4n) is 3.65. The fraction of sp³-hybridized carbons (Fsp3) is 0.304. The Labute approximate surface area is 167 Å². The average Bonchev–Trinajstić information content (AvgIpc) is 2.69. The molecular formula is C23H27N5. The number of benzene rings is 2. The molecule has 0 atom stereocenters. The van der Waals surface area contributed by atoms with Crippen LogP contribution in [0.3, 0.4) is 0 Å². The van der Waals surface area contributed by atoms with E-state index in [-0.39, 0.29) is 0 Å². The maximum atomic E-state index is 4.69. The van der Waals surface area contributed by atoms with Crippen molar-refractivity contribution in [1.29, 1.82) is 0 Å². The van der Waals surface area contributed by atoms with Crippen molar-refractivity contribution in [1.82, 2.24) is 9.97 Å². The van der Waals surface area contributed by atoms with Crippen LogP contribution >= 0.6 is 0 Å². The molecule has 0 amide bonds. The molecule has 5 nitrogen and oxygen atoms in total. The second kappa shape index (κ2) is 7.89. The van der Waals surface area contributed by atoms with Gasteiger partial charge in [0.15, 0.2) is 0 Å². The van der Waals surface area contributed by atoms with Crippen molar-refractivity contribution in [2.75, 3.05) is 41.3 Å². The zero-order chi connectivity index (χ0) is 19.5. The molecule has 2 aromatic carbocycles. The molecule has 1 aliphatic heterocycles.